The van der Waals surface area contributed by atoms with E-state index in [2.05, 4.69) is 53.7 Å². The van der Waals surface area contributed by atoms with Gasteiger partial charge in [0.25, 0.3) is 5.91 Å². The number of aromatic nitrogens is 3. The van der Waals surface area contributed by atoms with Gasteiger partial charge in [-0.05, 0) is 48.1 Å². The number of carbonyl (C=O) groups excluding carboxylic acids is 1. The summed E-state index contributed by atoms with van der Waals surface area (Å²) in [5.74, 6) is 1.24. The van der Waals surface area contributed by atoms with E-state index in [1.165, 1.54) is 5.56 Å². The first-order valence-electron chi connectivity index (χ1n) is 10.0. The molecule has 1 fully saturated rings. The number of rotatable bonds is 3. The second-order valence-electron chi connectivity index (χ2n) is 8.62. The Morgan fingerprint density at radius 1 is 1.10 bits per heavy atom. The number of nitrogens with zero attached hydrogens (tertiary/aromatic N) is 4. The van der Waals surface area contributed by atoms with E-state index in [1.54, 1.807) is 10.7 Å². The molecule has 1 saturated heterocycles. The molecule has 1 aliphatic heterocycles. The minimum absolute atomic E-state index is 0.0577. The van der Waals surface area contributed by atoms with Crippen molar-refractivity contribution >= 4 is 35.8 Å². The zero-order valence-electron chi connectivity index (χ0n) is 17.1. The standard InChI is InChI=1S/C22H27N5OS/c1-22(2,3)16-6-4-15(5-7-16)21(28)24-18-14-27-19(23-18)8-9-20(25-27)26-12-10-17(29)11-13-26/h4-9,14,17,29H,10-13H2,1-3H3,(H,24,28). The molecule has 0 radical (unpaired) electrons. The zero-order valence-corrected chi connectivity index (χ0v) is 18.0. The van der Waals surface area contributed by atoms with Gasteiger partial charge in [0.1, 0.15) is 5.82 Å². The number of imidazole rings is 1. The van der Waals surface area contributed by atoms with Crippen molar-refractivity contribution in [3.63, 3.8) is 0 Å². The van der Waals surface area contributed by atoms with Crippen molar-refractivity contribution in [2.75, 3.05) is 23.3 Å². The molecule has 1 aliphatic rings. The molecule has 3 aromatic rings. The van der Waals surface area contributed by atoms with Gasteiger partial charge in [-0.2, -0.15) is 12.6 Å². The normalized spacial score (nSPS) is 15.7. The number of benzene rings is 1. The number of piperidine rings is 1. The fourth-order valence-electron chi connectivity index (χ4n) is 3.51. The van der Waals surface area contributed by atoms with Crippen LogP contribution in [0.4, 0.5) is 11.6 Å². The van der Waals surface area contributed by atoms with E-state index >= 15 is 0 Å². The summed E-state index contributed by atoms with van der Waals surface area (Å²) in [6.45, 7) is 8.37. The van der Waals surface area contributed by atoms with Crippen LogP contribution in [0.3, 0.4) is 0 Å². The third-order valence-corrected chi connectivity index (χ3v) is 5.87. The molecule has 3 heterocycles. The lowest BCUT2D eigenvalue weighted by atomic mass is 9.87. The Bertz CT molecular complexity index is 1010. The number of fused-ring (bicyclic) bond motifs is 1. The van der Waals surface area contributed by atoms with Gasteiger partial charge in [0, 0.05) is 23.9 Å². The van der Waals surface area contributed by atoms with Crippen LogP contribution in [0.2, 0.25) is 0 Å². The van der Waals surface area contributed by atoms with E-state index in [-0.39, 0.29) is 11.3 Å². The molecule has 6 nitrogen and oxygen atoms in total. The van der Waals surface area contributed by atoms with Crippen LogP contribution in [0.5, 0.6) is 0 Å². The van der Waals surface area contributed by atoms with Gasteiger partial charge < -0.3 is 10.2 Å². The molecule has 1 amide bonds. The summed E-state index contributed by atoms with van der Waals surface area (Å²) < 4.78 is 1.72. The summed E-state index contributed by atoms with van der Waals surface area (Å²) in [5.41, 5.74) is 2.57. The van der Waals surface area contributed by atoms with Gasteiger partial charge >= 0.3 is 0 Å². The molecule has 2 aromatic heterocycles. The van der Waals surface area contributed by atoms with Crippen LogP contribution in [0.15, 0.2) is 42.6 Å². The van der Waals surface area contributed by atoms with Gasteiger partial charge in [-0.25, -0.2) is 9.50 Å². The van der Waals surface area contributed by atoms with Gasteiger partial charge in [-0.3, -0.25) is 4.79 Å². The molecule has 0 atom stereocenters. The van der Waals surface area contributed by atoms with Crippen LogP contribution in [0.25, 0.3) is 5.65 Å². The van der Waals surface area contributed by atoms with Gasteiger partial charge in [-0.1, -0.05) is 32.9 Å². The average molecular weight is 410 g/mol. The number of anilines is 2. The van der Waals surface area contributed by atoms with Crippen molar-refractivity contribution in [1.82, 2.24) is 14.6 Å². The maximum absolute atomic E-state index is 12.6. The summed E-state index contributed by atoms with van der Waals surface area (Å²) in [6, 6.07) is 11.6. The summed E-state index contributed by atoms with van der Waals surface area (Å²) in [5, 5.41) is 8.02. The predicted molar refractivity (Wildman–Crippen MR) is 120 cm³/mol. The largest absolute Gasteiger partial charge is 0.355 e. The highest BCUT2D eigenvalue weighted by Gasteiger charge is 2.19. The van der Waals surface area contributed by atoms with Gasteiger partial charge in [0.05, 0.1) is 6.20 Å². The van der Waals surface area contributed by atoms with E-state index in [4.69, 9.17) is 0 Å². The van der Waals surface area contributed by atoms with Crippen molar-refractivity contribution < 1.29 is 4.79 Å². The summed E-state index contributed by atoms with van der Waals surface area (Å²) >= 11 is 4.56. The second-order valence-corrected chi connectivity index (χ2v) is 9.35. The maximum atomic E-state index is 12.6. The first kappa shape index (κ1) is 19.8. The molecule has 29 heavy (non-hydrogen) atoms. The summed E-state index contributed by atoms with van der Waals surface area (Å²) in [4.78, 5) is 19.3. The molecule has 1 aromatic carbocycles. The lowest BCUT2D eigenvalue weighted by Crippen LogP contribution is -2.34. The van der Waals surface area contributed by atoms with Crippen molar-refractivity contribution in [3.05, 3.63) is 53.7 Å². The van der Waals surface area contributed by atoms with E-state index in [1.807, 2.05) is 36.4 Å². The number of carbonyl (C=O) groups is 1. The van der Waals surface area contributed by atoms with Crippen LogP contribution in [0, 0.1) is 0 Å². The molecule has 7 heteroatoms. The molecule has 0 unspecified atom stereocenters. The number of nitrogens with one attached hydrogen (secondary N) is 1. The van der Waals surface area contributed by atoms with Crippen LogP contribution in [-0.4, -0.2) is 38.8 Å². The molecular weight excluding hydrogens is 382 g/mol. The minimum atomic E-state index is -0.176. The SMILES string of the molecule is CC(C)(C)c1ccc(C(=O)Nc2cn3nc(N4CCC(S)CC4)ccc3n2)cc1. The Morgan fingerprint density at radius 3 is 2.45 bits per heavy atom. The summed E-state index contributed by atoms with van der Waals surface area (Å²) in [7, 11) is 0. The van der Waals surface area contributed by atoms with Gasteiger partial charge in [0.15, 0.2) is 11.5 Å². The average Bonchev–Trinajstić information content (AvgIpc) is 3.09. The highest BCUT2D eigenvalue weighted by molar-refractivity contribution is 7.80. The molecule has 0 saturated carbocycles. The third-order valence-electron chi connectivity index (χ3n) is 5.35. The van der Waals surface area contributed by atoms with E-state index in [0.717, 1.165) is 31.7 Å². The van der Waals surface area contributed by atoms with Crippen molar-refractivity contribution in [1.29, 1.82) is 0 Å². The van der Waals surface area contributed by atoms with Gasteiger partial charge in [-0.15, -0.1) is 5.10 Å². The number of hydrogen-bond donors (Lipinski definition) is 2. The Kier molecular flexibility index (Phi) is 5.25. The number of hydrogen-bond acceptors (Lipinski definition) is 5. The van der Waals surface area contributed by atoms with Crippen LogP contribution >= 0.6 is 12.6 Å². The molecule has 0 bridgehead atoms. The molecule has 0 spiro atoms. The van der Waals surface area contributed by atoms with Gasteiger partial charge in [0.2, 0.25) is 0 Å². The van der Waals surface area contributed by atoms with Crippen LogP contribution in [0.1, 0.15) is 49.5 Å². The third kappa shape index (κ3) is 4.40. The van der Waals surface area contributed by atoms with Crippen molar-refractivity contribution in [2.24, 2.45) is 0 Å². The van der Waals surface area contributed by atoms with E-state index < -0.39 is 0 Å². The van der Waals surface area contributed by atoms with Crippen LogP contribution in [-0.2, 0) is 5.41 Å². The molecule has 0 aliphatic carbocycles. The molecule has 152 valence electrons. The van der Waals surface area contributed by atoms with Crippen LogP contribution < -0.4 is 10.2 Å². The van der Waals surface area contributed by atoms with Crippen molar-refractivity contribution in [3.8, 4) is 0 Å². The Hall–Kier alpha value is -2.54. The minimum Gasteiger partial charge on any atom is -0.355 e. The monoisotopic (exact) mass is 409 g/mol. The zero-order chi connectivity index (χ0) is 20.6. The number of amides is 1. The lowest BCUT2D eigenvalue weighted by Gasteiger charge is -2.30. The maximum Gasteiger partial charge on any atom is 0.256 e. The Balaban J connectivity index is 1.49. The topological polar surface area (TPSA) is 62.5 Å². The lowest BCUT2D eigenvalue weighted by molar-refractivity contribution is 0.102. The predicted octanol–water partition coefficient (Wildman–Crippen LogP) is 4.18. The van der Waals surface area contributed by atoms with Crippen molar-refractivity contribution in [2.45, 2.75) is 44.3 Å². The Morgan fingerprint density at radius 2 is 1.79 bits per heavy atom. The quantitative estimate of drug-likeness (QED) is 0.637. The highest BCUT2D eigenvalue weighted by atomic mass is 32.1. The first-order chi connectivity index (χ1) is 13.8. The molecular formula is C22H27N5OS. The molecule has 4 rings (SSSR count). The first-order valence-corrected chi connectivity index (χ1v) is 10.5. The fraction of sp³-hybridized carbons (Fsp3) is 0.409. The fourth-order valence-corrected chi connectivity index (χ4v) is 3.74. The molecule has 1 N–H and O–H groups in total. The van der Waals surface area contributed by atoms with E-state index in [0.29, 0.717) is 22.3 Å². The Labute approximate surface area is 176 Å². The van der Waals surface area contributed by atoms with E-state index in [9.17, 15) is 4.79 Å². The smallest absolute Gasteiger partial charge is 0.256 e. The summed E-state index contributed by atoms with van der Waals surface area (Å²) in [6.07, 6.45) is 3.87. The highest BCUT2D eigenvalue weighted by Crippen LogP contribution is 2.23. The number of thiol groups is 1. The second kappa shape index (κ2) is 7.71.